The summed E-state index contributed by atoms with van der Waals surface area (Å²) >= 11 is 0. The summed E-state index contributed by atoms with van der Waals surface area (Å²) in [7, 11) is 0. The topological polar surface area (TPSA) is 73.0 Å². The van der Waals surface area contributed by atoms with Gasteiger partial charge < -0.3 is 10.2 Å². The van der Waals surface area contributed by atoms with Gasteiger partial charge in [0.25, 0.3) is 0 Å². The molecule has 8 heteroatoms. The Morgan fingerprint density at radius 2 is 1.69 bits per heavy atom. The molecular weight excluding hydrogens is 339 g/mol. The van der Waals surface area contributed by atoms with Crippen molar-refractivity contribution in [2.45, 2.75) is 12.8 Å². The number of amides is 3. The molecule has 2 saturated heterocycles. The molecule has 2 fully saturated rings. The second kappa shape index (κ2) is 8.27. The van der Waals surface area contributed by atoms with E-state index in [1.54, 1.807) is 12.1 Å². The highest BCUT2D eigenvalue weighted by atomic mass is 19.1. The number of carbonyl (C=O) groups is 3. The molecule has 140 valence electrons. The maximum atomic E-state index is 13.8. The van der Waals surface area contributed by atoms with E-state index in [0.717, 1.165) is 31.1 Å². The van der Waals surface area contributed by atoms with Crippen molar-refractivity contribution in [2.75, 3.05) is 50.7 Å². The number of nitrogens with zero attached hydrogens (tertiary/aromatic N) is 3. The van der Waals surface area contributed by atoms with Gasteiger partial charge in [0.2, 0.25) is 17.7 Å². The van der Waals surface area contributed by atoms with Crippen molar-refractivity contribution in [1.29, 1.82) is 0 Å². The summed E-state index contributed by atoms with van der Waals surface area (Å²) in [5.41, 5.74) is 0.625. The van der Waals surface area contributed by atoms with Crippen molar-refractivity contribution >= 4 is 23.4 Å². The van der Waals surface area contributed by atoms with E-state index in [1.807, 2.05) is 11.0 Å². The number of nitrogens with one attached hydrogen (secondary N) is 1. The Balaban J connectivity index is 1.36. The number of benzene rings is 1. The lowest BCUT2D eigenvalue weighted by atomic mass is 10.2. The van der Waals surface area contributed by atoms with Gasteiger partial charge in [-0.2, -0.15) is 0 Å². The molecule has 0 bridgehead atoms. The number of halogens is 1. The minimum Gasteiger partial charge on any atom is -0.367 e. The third-order valence-corrected chi connectivity index (χ3v) is 4.77. The molecule has 0 radical (unpaired) electrons. The third kappa shape index (κ3) is 4.37. The molecule has 2 aliphatic heterocycles. The first-order valence-electron chi connectivity index (χ1n) is 8.86. The molecule has 3 amide bonds. The molecule has 2 aliphatic rings. The van der Waals surface area contributed by atoms with E-state index in [-0.39, 0.29) is 42.9 Å². The second-order valence-electron chi connectivity index (χ2n) is 6.50. The lowest BCUT2D eigenvalue weighted by Crippen LogP contribution is -2.49. The molecule has 0 aromatic heterocycles. The fraction of sp³-hybridized carbons (Fsp3) is 0.500. The molecule has 26 heavy (non-hydrogen) atoms. The highest BCUT2D eigenvalue weighted by Crippen LogP contribution is 2.19. The second-order valence-corrected chi connectivity index (χ2v) is 6.50. The van der Waals surface area contributed by atoms with Crippen LogP contribution in [0.5, 0.6) is 0 Å². The van der Waals surface area contributed by atoms with Crippen molar-refractivity contribution in [1.82, 2.24) is 15.1 Å². The Morgan fingerprint density at radius 3 is 2.35 bits per heavy atom. The molecule has 7 nitrogen and oxygen atoms in total. The van der Waals surface area contributed by atoms with Gasteiger partial charge in [-0.15, -0.1) is 0 Å². The average Bonchev–Trinajstić information content (AvgIpc) is 2.95. The van der Waals surface area contributed by atoms with Crippen molar-refractivity contribution in [3.05, 3.63) is 30.1 Å². The van der Waals surface area contributed by atoms with Gasteiger partial charge >= 0.3 is 0 Å². The zero-order valence-electron chi connectivity index (χ0n) is 14.6. The van der Waals surface area contributed by atoms with Gasteiger partial charge in [-0.05, 0) is 12.1 Å². The molecule has 3 rings (SSSR count). The highest BCUT2D eigenvalue weighted by molar-refractivity contribution is 6.04. The number of anilines is 1. The number of hydrogen-bond acceptors (Lipinski definition) is 5. The fourth-order valence-corrected chi connectivity index (χ4v) is 3.27. The number of imide groups is 1. The molecule has 1 N–H and O–H groups in total. The Labute approximate surface area is 151 Å². The first-order valence-corrected chi connectivity index (χ1v) is 8.86. The van der Waals surface area contributed by atoms with Gasteiger partial charge in [-0.25, -0.2) is 4.39 Å². The molecule has 0 aliphatic carbocycles. The normalized spacial score (nSPS) is 18.5. The molecule has 0 atom stereocenters. The van der Waals surface area contributed by atoms with Crippen LogP contribution in [0.1, 0.15) is 12.8 Å². The zero-order chi connectivity index (χ0) is 18.5. The van der Waals surface area contributed by atoms with Crippen LogP contribution in [0, 0.1) is 5.82 Å². The van der Waals surface area contributed by atoms with Gasteiger partial charge in [0, 0.05) is 52.1 Å². The Bertz CT molecular complexity index is 673. The predicted molar refractivity (Wildman–Crippen MR) is 94.0 cm³/mol. The van der Waals surface area contributed by atoms with Gasteiger partial charge in [0.1, 0.15) is 12.4 Å². The summed E-state index contributed by atoms with van der Waals surface area (Å²) in [5, 5.41) is 2.75. The van der Waals surface area contributed by atoms with E-state index in [2.05, 4.69) is 10.2 Å². The lowest BCUT2D eigenvalue weighted by Gasteiger charge is -2.36. The van der Waals surface area contributed by atoms with Gasteiger partial charge in [-0.3, -0.25) is 24.2 Å². The number of carbonyl (C=O) groups excluding carboxylic acids is 3. The standard InChI is InChI=1S/C18H23FN4O3/c19-14-3-1-2-4-15(14)22-11-9-21(10-12-22)8-7-20-16(24)13-23-17(25)5-6-18(23)26/h1-4H,5-13H2,(H,20,24). The molecule has 2 heterocycles. The maximum Gasteiger partial charge on any atom is 0.240 e. The van der Waals surface area contributed by atoms with Crippen LogP contribution in [-0.4, -0.2) is 73.3 Å². The Kier molecular flexibility index (Phi) is 5.82. The number of hydrogen-bond donors (Lipinski definition) is 1. The Morgan fingerprint density at radius 1 is 1.04 bits per heavy atom. The lowest BCUT2D eigenvalue weighted by molar-refractivity contribution is -0.142. The smallest absolute Gasteiger partial charge is 0.240 e. The zero-order valence-corrected chi connectivity index (χ0v) is 14.6. The van der Waals surface area contributed by atoms with Crippen LogP contribution in [0.15, 0.2) is 24.3 Å². The number of para-hydroxylation sites is 1. The summed E-state index contributed by atoms with van der Waals surface area (Å²) in [4.78, 5) is 40.1. The highest BCUT2D eigenvalue weighted by Gasteiger charge is 2.30. The molecule has 0 spiro atoms. The van der Waals surface area contributed by atoms with E-state index in [1.165, 1.54) is 6.07 Å². The van der Waals surface area contributed by atoms with Gasteiger partial charge in [0.05, 0.1) is 5.69 Å². The van der Waals surface area contributed by atoms with Crippen molar-refractivity contribution in [3.63, 3.8) is 0 Å². The van der Waals surface area contributed by atoms with Crippen molar-refractivity contribution in [2.24, 2.45) is 0 Å². The van der Waals surface area contributed by atoms with E-state index in [4.69, 9.17) is 0 Å². The van der Waals surface area contributed by atoms with Crippen molar-refractivity contribution < 1.29 is 18.8 Å². The number of likely N-dealkylation sites (tertiary alicyclic amines) is 1. The molecule has 1 aromatic rings. The number of rotatable bonds is 6. The van der Waals surface area contributed by atoms with Crippen LogP contribution in [0.3, 0.4) is 0 Å². The van der Waals surface area contributed by atoms with Crippen LogP contribution >= 0.6 is 0 Å². The average molecular weight is 362 g/mol. The van der Waals surface area contributed by atoms with Crippen LogP contribution in [0.4, 0.5) is 10.1 Å². The molecule has 0 unspecified atom stereocenters. The minimum absolute atomic E-state index is 0.193. The Hall–Kier alpha value is -2.48. The first-order chi connectivity index (χ1) is 12.5. The quantitative estimate of drug-likeness (QED) is 0.733. The largest absolute Gasteiger partial charge is 0.367 e. The fourth-order valence-electron chi connectivity index (χ4n) is 3.27. The van der Waals surface area contributed by atoms with Crippen molar-refractivity contribution in [3.8, 4) is 0 Å². The molecule has 0 saturated carbocycles. The van der Waals surface area contributed by atoms with Crippen LogP contribution in [0.2, 0.25) is 0 Å². The van der Waals surface area contributed by atoms with E-state index >= 15 is 0 Å². The summed E-state index contributed by atoms with van der Waals surface area (Å²) in [6, 6.07) is 6.76. The van der Waals surface area contributed by atoms with Crippen LogP contribution < -0.4 is 10.2 Å². The maximum absolute atomic E-state index is 13.8. The van der Waals surface area contributed by atoms with Gasteiger partial charge in [-0.1, -0.05) is 12.1 Å². The number of piperazine rings is 1. The predicted octanol–water partition coefficient (Wildman–Crippen LogP) is 0.213. The molecule has 1 aromatic carbocycles. The third-order valence-electron chi connectivity index (χ3n) is 4.77. The summed E-state index contributed by atoms with van der Waals surface area (Å²) < 4.78 is 13.8. The summed E-state index contributed by atoms with van der Waals surface area (Å²) in [5.74, 6) is -1.10. The van der Waals surface area contributed by atoms with E-state index in [9.17, 15) is 18.8 Å². The minimum atomic E-state index is -0.321. The monoisotopic (exact) mass is 362 g/mol. The summed E-state index contributed by atoms with van der Waals surface area (Å²) in [6.07, 6.45) is 0.386. The van der Waals surface area contributed by atoms with Crippen LogP contribution in [-0.2, 0) is 14.4 Å². The van der Waals surface area contributed by atoms with Gasteiger partial charge in [0.15, 0.2) is 0 Å². The van der Waals surface area contributed by atoms with E-state index in [0.29, 0.717) is 18.8 Å². The van der Waals surface area contributed by atoms with Crippen LogP contribution in [0.25, 0.3) is 0 Å². The van der Waals surface area contributed by atoms with E-state index < -0.39 is 0 Å². The molecular formula is C18H23FN4O3. The SMILES string of the molecule is O=C(CN1C(=O)CCC1=O)NCCN1CCN(c2ccccc2F)CC1. The first kappa shape index (κ1) is 18.3. The summed E-state index contributed by atoms with van der Waals surface area (Å²) in [6.45, 7) is 3.96.